The number of halogens is 1. The molecular formula is C24H39IN8. The zero-order valence-electron chi connectivity index (χ0n) is 20.2. The minimum absolute atomic E-state index is 0. The van der Waals surface area contributed by atoms with E-state index in [1.165, 1.54) is 5.56 Å². The molecule has 1 saturated heterocycles. The van der Waals surface area contributed by atoms with Gasteiger partial charge in [-0.25, -0.2) is 9.97 Å². The number of rotatable bonds is 10. The average Bonchev–Trinajstić information content (AvgIpc) is 2.86. The monoisotopic (exact) mass is 566 g/mol. The number of nitrogens with one attached hydrogen (secondary N) is 2. The van der Waals surface area contributed by atoms with Gasteiger partial charge in [-0.1, -0.05) is 44.2 Å². The Balaban J connectivity index is 0.00000385. The number of likely N-dealkylation sites (N-methyl/N-ethyl adjacent to an activating group) is 1. The molecule has 0 bridgehead atoms. The number of anilines is 1. The maximum Gasteiger partial charge on any atom is 0.225 e. The van der Waals surface area contributed by atoms with Crippen molar-refractivity contribution in [3.05, 3.63) is 54.4 Å². The maximum atomic E-state index is 4.43. The minimum atomic E-state index is 0. The Morgan fingerprint density at radius 1 is 1.00 bits per heavy atom. The molecule has 3 rings (SSSR count). The van der Waals surface area contributed by atoms with Crippen molar-refractivity contribution in [1.82, 2.24) is 30.4 Å². The summed E-state index contributed by atoms with van der Waals surface area (Å²) in [6, 6.07) is 12.9. The van der Waals surface area contributed by atoms with Crippen LogP contribution in [0.3, 0.4) is 0 Å². The molecule has 1 aromatic carbocycles. The summed E-state index contributed by atoms with van der Waals surface area (Å²) in [7, 11) is 1.84. The maximum absolute atomic E-state index is 4.43. The van der Waals surface area contributed by atoms with Crippen molar-refractivity contribution in [1.29, 1.82) is 0 Å². The number of nitrogens with zero attached hydrogens (tertiary/aromatic N) is 6. The van der Waals surface area contributed by atoms with Gasteiger partial charge in [0, 0.05) is 65.3 Å². The first-order valence-electron chi connectivity index (χ1n) is 11.7. The van der Waals surface area contributed by atoms with E-state index in [1.54, 1.807) is 12.4 Å². The molecular weight excluding hydrogens is 527 g/mol. The summed E-state index contributed by atoms with van der Waals surface area (Å²) in [5.41, 5.74) is 1.33. The van der Waals surface area contributed by atoms with Gasteiger partial charge in [-0.05, 0) is 24.7 Å². The van der Waals surface area contributed by atoms with Gasteiger partial charge in [0.2, 0.25) is 5.95 Å². The number of benzene rings is 1. The molecule has 1 aliphatic heterocycles. The Morgan fingerprint density at radius 3 is 2.27 bits per heavy atom. The number of hydrogen-bond acceptors (Lipinski definition) is 6. The van der Waals surface area contributed by atoms with Gasteiger partial charge in [0.05, 0.1) is 6.04 Å². The first kappa shape index (κ1) is 27.3. The van der Waals surface area contributed by atoms with E-state index < -0.39 is 0 Å². The van der Waals surface area contributed by atoms with Crippen LogP contribution in [0.5, 0.6) is 0 Å². The van der Waals surface area contributed by atoms with Gasteiger partial charge in [0.25, 0.3) is 0 Å². The predicted octanol–water partition coefficient (Wildman–Crippen LogP) is 2.46. The quantitative estimate of drug-likeness (QED) is 0.260. The van der Waals surface area contributed by atoms with Crippen molar-refractivity contribution in [2.45, 2.75) is 19.9 Å². The number of guanidine groups is 1. The fraction of sp³-hybridized carbons (Fsp3) is 0.542. The molecule has 1 atom stereocenters. The lowest BCUT2D eigenvalue weighted by molar-refractivity contribution is 0.219. The SMILES string of the molecule is CCN(CC)C(CNC(=NC)NCCN1CCN(c2ncccn2)CC1)c1ccccc1.I. The van der Waals surface area contributed by atoms with E-state index in [0.29, 0.717) is 6.04 Å². The molecule has 8 nitrogen and oxygen atoms in total. The third kappa shape index (κ3) is 8.38. The van der Waals surface area contributed by atoms with E-state index in [9.17, 15) is 0 Å². The number of hydrogen-bond donors (Lipinski definition) is 2. The summed E-state index contributed by atoms with van der Waals surface area (Å²) < 4.78 is 0. The van der Waals surface area contributed by atoms with Crippen LogP contribution in [0.1, 0.15) is 25.5 Å². The molecule has 2 N–H and O–H groups in total. The van der Waals surface area contributed by atoms with E-state index >= 15 is 0 Å². The van der Waals surface area contributed by atoms with Crippen LogP contribution in [-0.4, -0.2) is 91.7 Å². The number of aliphatic imine (C=N–C) groups is 1. The van der Waals surface area contributed by atoms with Gasteiger partial charge in [-0.2, -0.15) is 0 Å². The van der Waals surface area contributed by atoms with Crippen LogP contribution >= 0.6 is 24.0 Å². The summed E-state index contributed by atoms with van der Waals surface area (Å²) in [6.45, 7) is 13.1. The Hall–Kier alpha value is -1.98. The van der Waals surface area contributed by atoms with Crippen LogP contribution in [0.2, 0.25) is 0 Å². The minimum Gasteiger partial charge on any atom is -0.355 e. The highest BCUT2D eigenvalue weighted by molar-refractivity contribution is 14.0. The molecule has 0 radical (unpaired) electrons. The second kappa shape index (κ2) is 15.0. The Bertz CT molecular complexity index is 793. The smallest absolute Gasteiger partial charge is 0.225 e. The van der Waals surface area contributed by atoms with Gasteiger partial charge < -0.3 is 15.5 Å². The highest BCUT2D eigenvalue weighted by Gasteiger charge is 2.19. The molecule has 1 fully saturated rings. The highest BCUT2D eigenvalue weighted by Crippen LogP contribution is 2.19. The molecule has 9 heteroatoms. The van der Waals surface area contributed by atoms with Crippen molar-refractivity contribution in [2.75, 3.05) is 70.9 Å². The summed E-state index contributed by atoms with van der Waals surface area (Å²) in [5.74, 6) is 1.69. The van der Waals surface area contributed by atoms with Gasteiger partial charge >= 0.3 is 0 Å². The lowest BCUT2D eigenvalue weighted by Gasteiger charge is -2.34. The first-order chi connectivity index (χ1) is 15.7. The molecule has 0 aliphatic carbocycles. The van der Waals surface area contributed by atoms with E-state index in [1.807, 2.05) is 13.1 Å². The summed E-state index contributed by atoms with van der Waals surface area (Å²) in [6.07, 6.45) is 3.61. The van der Waals surface area contributed by atoms with Crippen LogP contribution in [-0.2, 0) is 0 Å². The van der Waals surface area contributed by atoms with Gasteiger partial charge in [0.1, 0.15) is 0 Å². The number of aromatic nitrogens is 2. The fourth-order valence-electron chi connectivity index (χ4n) is 4.17. The van der Waals surface area contributed by atoms with E-state index in [-0.39, 0.29) is 24.0 Å². The molecule has 2 aromatic rings. The summed E-state index contributed by atoms with van der Waals surface area (Å²) >= 11 is 0. The molecule has 182 valence electrons. The van der Waals surface area contributed by atoms with E-state index in [0.717, 1.165) is 70.8 Å². The highest BCUT2D eigenvalue weighted by atomic mass is 127. The summed E-state index contributed by atoms with van der Waals surface area (Å²) in [5, 5.41) is 7.02. The fourth-order valence-corrected chi connectivity index (χ4v) is 4.17. The summed E-state index contributed by atoms with van der Waals surface area (Å²) in [4.78, 5) is 20.4. The zero-order chi connectivity index (χ0) is 22.6. The lowest BCUT2D eigenvalue weighted by atomic mass is 10.1. The zero-order valence-corrected chi connectivity index (χ0v) is 22.5. The second-order valence-corrected chi connectivity index (χ2v) is 7.91. The van der Waals surface area contributed by atoms with Crippen molar-refractivity contribution in [3.8, 4) is 0 Å². The molecule has 1 aromatic heterocycles. The van der Waals surface area contributed by atoms with Crippen LogP contribution in [0.4, 0.5) is 5.95 Å². The standard InChI is InChI=1S/C24H38N8.HI/c1-4-31(5-2)22(21-10-7-6-8-11-21)20-29-23(25-3)26-14-15-30-16-18-32(19-17-30)24-27-12-9-13-28-24;/h6-13,22H,4-5,14-20H2,1-3H3,(H2,25,26,29);1H. The van der Waals surface area contributed by atoms with E-state index in [4.69, 9.17) is 0 Å². The largest absolute Gasteiger partial charge is 0.355 e. The van der Waals surface area contributed by atoms with Crippen molar-refractivity contribution in [2.24, 2.45) is 4.99 Å². The van der Waals surface area contributed by atoms with Crippen molar-refractivity contribution < 1.29 is 0 Å². The van der Waals surface area contributed by atoms with Crippen LogP contribution in [0.15, 0.2) is 53.8 Å². The lowest BCUT2D eigenvalue weighted by Crippen LogP contribution is -2.50. The van der Waals surface area contributed by atoms with Gasteiger partial charge in [-0.3, -0.25) is 14.8 Å². The van der Waals surface area contributed by atoms with Crippen LogP contribution < -0.4 is 15.5 Å². The van der Waals surface area contributed by atoms with Crippen molar-refractivity contribution in [3.63, 3.8) is 0 Å². The molecule has 1 aliphatic rings. The predicted molar refractivity (Wildman–Crippen MR) is 148 cm³/mol. The van der Waals surface area contributed by atoms with Gasteiger partial charge in [-0.15, -0.1) is 24.0 Å². The normalized spacial score (nSPS) is 15.8. The van der Waals surface area contributed by atoms with Crippen LogP contribution in [0, 0.1) is 0 Å². The molecule has 1 unspecified atom stereocenters. The molecule has 0 saturated carbocycles. The Morgan fingerprint density at radius 2 is 1.67 bits per heavy atom. The molecule has 33 heavy (non-hydrogen) atoms. The topological polar surface area (TPSA) is 71.9 Å². The molecule has 0 spiro atoms. The Labute approximate surface area is 215 Å². The second-order valence-electron chi connectivity index (χ2n) is 7.91. The van der Waals surface area contributed by atoms with Crippen LogP contribution in [0.25, 0.3) is 0 Å². The third-order valence-electron chi connectivity index (χ3n) is 6.05. The molecule has 0 amide bonds. The third-order valence-corrected chi connectivity index (χ3v) is 6.05. The van der Waals surface area contributed by atoms with Crippen molar-refractivity contribution >= 4 is 35.9 Å². The van der Waals surface area contributed by atoms with E-state index in [2.05, 4.69) is 84.5 Å². The average molecular weight is 567 g/mol. The first-order valence-corrected chi connectivity index (χ1v) is 11.7. The molecule has 2 heterocycles. The Kier molecular flexibility index (Phi) is 12.4. The number of piperazine rings is 1. The van der Waals surface area contributed by atoms with Gasteiger partial charge in [0.15, 0.2) is 5.96 Å².